The summed E-state index contributed by atoms with van der Waals surface area (Å²) in [6.07, 6.45) is 4.70. The lowest BCUT2D eigenvalue weighted by atomic mass is 9.87. The fourth-order valence-electron chi connectivity index (χ4n) is 3.39. The van der Waals surface area contributed by atoms with Gasteiger partial charge < -0.3 is 14.8 Å². The largest absolute Gasteiger partial charge is 0.357 e. The second kappa shape index (κ2) is 7.81. The minimum atomic E-state index is 0. The van der Waals surface area contributed by atoms with Crippen molar-refractivity contribution in [3.8, 4) is 0 Å². The molecule has 23 heavy (non-hydrogen) atoms. The zero-order chi connectivity index (χ0) is 15.6. The molecule has 1 saturated heterocycles. The molecule has 0 spiro atoms. The molecule has 7 heteroatoms. The van der Waals surface area contributed by atoms with E-state index in [1.54, 1.807) is 0 Å². The maximum Gasteiger partial charge on any atom is 0.194 e. The number of aliphatic imine (C=N–C) groups is 1. The molecule has 2 aliphatic heterocycles. The number of rotatable bonds is 4. The van der Waals surface area contributed by atoms with Crippen LogP contribution >= 0.6 is 24.0 Å². The van der Waals surface area contributed by atoms with Crippen LogP contribution in [0.1, 0.15) is 51.7 Å². The smallest absolute Gasteiger partial charge is 0.194 e. The van der Waals surface area contributed by atoms with E-state index in [9.17, 15) is 0 Å². The van der Waals surface area contributed by atoms with Gasteiger partial charge in [-0.25, -0.2) is 4.99 Å². The third kappa shape index (κ3) is 3.97. The van der Waals surface area contributed by atoms with Gasteiger partial charge in [0.2, 0.25) is 0 Å². The van der Waals surface area contributed by atoms with Crippen molar-refractivity contribution in [1.29, 1.82) is 0 Å². The van der Waals surface area contributed by atoms with Crippen LogP contribution in [-0.4, -0.2) is 45.3 Å². The zero-order valence-corrected chi connectivity index (χ0v) is 16.8. The highest BCUT2D eigenvalue weighted by molar-refractivity contribution is 14.0. The maximum absolute atomic E-state index is 4.82. The molecule has 1 fully saturated rings. The molecule has 0 aromatic carbocycles. The summed E-state index contributed by atoms with van der Waals surface area (Å²) < 4.78 is 2.23. The SMILES string of the molecule is CCNC(=NCc1nnc2n1CCC2)N1CCC(C)(CC)C1.I. The zero-order valence-electron chi connectivity index (χ0n) is 14.5. The van der Waals surface area contributed by atoms with Gasteiger partial charge in [-0.2, -0.15) is 0 Å². The topological polar surface area (TPSA) is 58.3 Å². The van der Waals surface area contributed by atoms with E-state index in [0.29, 0.717) is 12.0 Å². The Labute approximate surface area is 156 Å². The number of guanidine groups is 1. The molecule has 0 radical (unpaired) electrons. The van der Waals surface area contributed by atoms with Gasteiger partial charge in [-0.3, -0.25) is 0 Å². The maximum atomic E-state index is 4.82. The lowest BCUT2D eigenvalue weighted by Crippen LogP contribution is -2.41. The van der Waals surface area contributed by atoms with Crippen molar-refractivity contribution in [2.24, 2.45) is 10.4 Å². The highest BCUT2D eigenvalue weighted by atomic mass is 127. The molecule has 6 nitrogen and oxygen atoms in total. The molecule has 0 saturated carbocycles. The van der Waals surface area contributed by atoms with Crippen LogP contribution < -0.4 is 5.32 Å². The Morgan fingerprint density at radius 2 is 2.13 bits per heavy atom. The Morgan fingerprint density at radius 3 is 2.83 bits per heavy atom. The van der Waals surface area contributed by atoms with Crippen molar-refractivity contribution >= 4 is 29.9 Å². The quantitative estimate of drug-likeness (QED) is 0.451. The first-order chi connectivity index (χ1) is 10.6. The van der Waals surface area contributed by atoms with Crippen LogP contribution in [0.15, 0.2) is 4.99 Å². The summed E-state index contributed by atoms with van der Waals surface area (Å²) in [5, 5.41) is 12.0. The van der Waals surface area contributed by atoms with E-state index >= 15 is 0 Å². The van der Waals surface area contributed by atoms with Crippen molar-refractivity contribution in [2.45, 2.75) is 59.5 Å². The fourth-order valence-corrected chi connectivity index (χ4v) is 3.39. The molecule has 1 aromatic heterocycles. The minimum Gasteiger partial charge on any atom is -0.357 e. The Morgan fingerprint density at radius 1 is 1.30 bits per heavy atom. The van der Waals surface area contributed by atoms with Crippen molar-refractivity contribution in [1.82, 2.24) is 25.0 Å². The molecule has 0 amide bonds. The van der Waals surface area contributed by atoms with Gasteiger partial charge in [0.05, 0.1) is 0 Å². The summed E-state index contributed by atoms with van der Waals surface area (Å²) in [6, 6.07) is 0. The van der Waals surface area contributed by atoms with E-state index in [2.05, 4.69) is 45.8 Å². The van der Waals surface area contributed by atoms with Crippen LogP contribution in [0.2, 0.25) is 0 Å². The molecule has 0 aliphatic carbocycles. The number of hydrogen-bond acceptors (Lipinski definition) is 3. The normalized spacial score (nSPS) is 23.8. The Kier molecular flexibility index (Phi) is 6.27. The van der Waals surface area contributed by atoms with Crippen molar-refractivity contribution in [3.05, 3.63) is 11.6 Å². The first-order valence-corrected chi connectivity index (χ1v) is 8.59. The Balaban J connectivity index is 0.00000192. The second-order valence-electron chi connectivity index (χ2n) is 6.79. The van der Waals surface area contributed by atoms with Gasteiger partial charge in [0.1, 0.15) is 12.4 Å². The van der Waals surface area contributed by atoms with Crippen LogP contribution in [0.5, 0.6) is 0 Å². The second-order valence-corrected chi connectivity index (χ2v) is 6.79. The molecule has 130 valence electrons. The number of aryl methyl sites for hydroxylation is 1. The van der Waals surface area contributed by atoms with Gasteiger partial charge in [-0.1, -0.05) is 13.8 Å². The fraction of sp³-hybridized carbons (Fsp3) is 0.812. The highest BCUT2D eigenvalue weighted by Gasteiger charge is 2.33. The van der Waals surface area contributed by atoms with Gasteiger partial charge in [0, 0.05) is 32.6 Å². The van der Waals surface area contributed by atoms with Gasteiger partial charge in [-0.15, -0.1) is 34.2 Å². The number of fused-ring (bicyclic) bond motifs is 1. The van der Waals surface area contributed by atoms with Gasteiger partial charge in [0.15, 0.2) is 11.8 Å². The third-order valence-electron chi connectivity index (χ3n) is 5.10. The third-order valence-corrected chi connectivity index (χ3v) is 5.10. The standard InChI is InChI=1S/C16H28N6.HI/c1-4-16(3)8-10-21(12-16)15(17-5-2)18-11-14-20-19-13-7-6-9-22(13)14;/h4-12H2,1-3H3,(H,17,18);1H. The van der Waals surface area contributed by atoms with Crippen molar-refractivity contribution in [3.63, 3.8) is 0 Å². The van der Waals surface area contributed by atoms with Crippen LogP contribution in [-0.2, 0) is 19.5 Å². The molecule has 0 bridgehead atoms. The number of nitrogens with zero attached hydrogens (tertiary/aromatic N) is 5. The molecular weight excluding hydrogens is 403 g/mol. The van der Waals surface area contributed by atoms with Crippen LogP contribution in [0, 0.1) is 5.41 Å². The molecule has 1 N–H and O–H groups in total. The predicted molar refractivity (Wildman–Crippen MR) is 103 cm³/mol. The summed E-state index contributed by atoms with van der Waals surface area (Å²) in [5.74, 6) is 3.14. The number of hydrogen-bond donors (Lipinski definition) is 1. The van der Waals surface area contributed by atoms with Gasteiger partial charge >= 0.3 is 0 Å². The summed E-state index contributed by atoms with van der Waals surface area (Å²) in [6.45, 7) is 11.5. The summed E-state index contributed by atoms with van der Waals surface area (Å²) in [7, 11) is 0. The molecule has 1 unspecified atom stereocenters. The van der Waals surface area contributed by atoms with E-state index in [4.69, 9.17) is 4.99 Å². The van der Waals surface area contributed by atoms with Gasteiger partial charge in [-0.05, 0) is 31.6 Å². The lowest BCUT2D eigenvalue weighted by Gasteiger charge is -2.25. The van der Waals surface area contributed by atoms with E-state index in [-0.39, 0.29) is 24.0 Å². The monoisotopic (exact) mass is 432 g/mol. The number of likely N-dealkylation sites (tertiary alicyclic amines) is 1. The molecule has 2 aliphatic rings. The van der Waals surface area contributed by atoms with Crippen LogP contribution in [0.3, 0.4) is 0 Å². The van der Waals surface area contributed by atoms with Gasteiger partial charge in [0.25, 0.3) is 0 Å². The minimum absolute atomic E-state index is 0. The Bertz CT molecular complexity index is 555. The molecular formula is C16H29IN6. The first-order valence-electron chi connectivity index (χ1n) is 8.59. The number of aromatic nitrogens is 3. The summed E-state index contributed by atoms with van der Waals surface area (Å²) in [5.41, 5.74) is 0.423. The Hall–Kier alpha value is -0.860. The summed E-state index contributed by atoms with van der Waals surface area (Å²) >= 11 is 0. The van der Waals surface area contributed by atoms with E-state index in [0.717, 1.165) is 50.2 Å². The van der Waals surface area contributed by atoms with Crippen molar-refractivity contribution in [2.75, 3.05) is 19.6 Å². The molecule has 3 heterocycles. The van der Waals surface area contributed by atoms with E-state index < -0.39 is 0 Å². The summed E-state index contributed by atoms with van der Waals surface area (Å²) in [4.78, 5) is 7.22. The first kappa shape index (κ1) is 18.5. The average Bonchev–Trinajstić information content (AvgIpc) is 3.20. The van der Waals surface area contributed by atoms with Crippen LogP contribution in [0.25, 0.3) is 0 Å². The number of halogens is 1. The number of nitrogens with one attached hydrogen (secondary N) is 1. The average molecular weight is 432 g/mol. The molecule has 1 aromatic rings. The highest BCUT2D eigenvalue weighted by Crippen LogP contribution is 2.32. The van der Waals surface area contributed by atoms with E-state index in [1.807, 2.05) is 0 Å². The predicted octanol–water partition coefficient (Wildman–Crippen LogP) is 2.43. The lowest BCUT2D eigenvalue weighted by molar-refractivity contribution is 0.322. The van der Waals surface area contributed by atoms with Crippen molar-refractivity contribution < 1.29 is 0 Å². The molecule has 3 rings (SSSR count). The molecule has 1 atom stereocenters. The van der Waals surface area contributed by atoms with E-state index in [1.165, 1.54) is 19.3 Å². The van der Waals surface area contributed by atoms with Crippen LogP contribution in [0.4, 0.5) is 0 Å².